The van der Waals surface area contributed by atoms with E-state index in [1.54, 1.807) is 0 Å². The molecule has 4 heavy (non-hydrogen) atoms. The Kier molecular flexibility index (Phi) is 430. The molecule has 2 nitrogen and oxygen atoms in total. The molecule has 0 aliphatic rings. The third kappa shape index (κ3) is 10.5. The Balaban J connectivity index is 0. The Labute approximate surface area is 52.2 Å². The third-order valence-electron chi connectivity index (χ3n) is 0. The average molecular weight is 146 g/mol. The van der Waals surface area contributed by atoms with Crippen molar-refractivity contribution in [1.82, 2.24) is 0 Å². The maximum Gasteiger partial charge on any atom is 4.00 e. The van der Waals surface area contributed by atoms with Crippen molar-refractivity contribution < 1.29 is 52.1 Å². The van der Waals surface area contributed by atoms with E-state index in [1.807, 2.05) is 0 Å². The van der Waals surface area contributed by atoms with E-state index in [1.165, 1.54) is 0 Å². The second-order valence-electron chi connectivity index (χ2n) is 0. The van der Waals surface area contributed by atoms with Crippen LogP contribution < -0.4 is 0 Å². The molecular formula is HO2TiZn+3. The Morgan fingerprint density at radius 3 is 1.00 bits per heavy atom. The molecule has 0 heterocycles. The molecule has 0 fully saturated rings. The molecule has 0 unspecified atom stereocenters. The fourth-order valence-corrected chi connectivity index (χ4v) is 0. The van der Waals surface area contributed by atoms with Gasteiger partial charge in [-0.25, -0.2) is 0 Å². The largest absolute Gasteiger partial charge is 4.00 e. The van der Waals surface area contributed by atoms with E-state index < -0.39 is 0 Å². The predicted octanol–water partition coefficient (Wildman–Crippen LogP) is -0.301. The first-order valence-electron chi connectivity index (χ1n) is 0. The van der Waals surface area contributed by atoms with E-state index in [-0.39, 0.29) is 52.1 Å². The zero-order chi connectivity index (χ0) is 0. The van der Waals surface area contributed by atoms with E-state index >= 15 is 0 Å². The van der Waals surface area contributed by atoms with Gasteiger partial charge < -0.3 is 11.0 Å². The van der Waals surface area contributed by atoms with Crippen LogP contribution in [0, 0.1) is 0 Å². The smallest absolute Gasteiger partial charge is 2.00 e. The van der Waals surface area contributed by atoms with Crippen LogP contribution in [0.2, 0.25) is 0 Å². The minimum absolute atomic E-state index is 0. The van der Waals surface area contributed by atoms with Gasteiger partial charge in [-0.2, -0.15) is 0 Å². The Morgan fingerprint density at radius 1 is 1.00 bits per heavy atom. The molecule has 0 amide bonds. The van der Waals surface area contributed by atoms with Crippen LogP contribution in [0.1, 0.15) is 0 Å². The zero-order valence-electron chi connectivity index (χ0n) is 2.06. The topological polar surface area (TPSA) is 58.5 Å². The molecule has 0 spiro atoms. The van der Waals surface area contributed by atoms with Gasteiger partial charge >= 0.3 is 41.2 Å². The molecule has 0 radical (unpaired) electrons. The molecule has 0 aromatic heterocycles. The molecule has 0 rings (SSSR count). The van der Waals surface area contributed by atoms with Gasteiger partial charge in [-0.3, -0.25) is 0 Å². The van der Waals surface area contributed by atoms with Crippen molar-refractivity contribution in [2.24, 2.45) is 0 Å². The molecule has 0 saturated heterocycles. The van der Waals surface area contributed by atoms with Crippen molar-refractivity contribution in [2.45, 2.75) is 0 Å². The summed E-state index contributed by atoms with van der Waals surface area (Å²) in [4.78, 5) is 0. The van der Waals surface area contributed by atoms with Crippen LogP contribution in [0.25, 0.3) is 0 Å². The van der Waals surface area contributed by atoms with Gasteiger partial charge in [0, 0.05) is 0 Å². The van der Waals surface area contributed by atoms with Crippen LogP contribution in [0.5, 0.6) is 0 Å². The summed E-state index contributed by atoms with van der Waals surface area (Å²) in [6, 6.07) is 0. The molecular weight excluding hydrogens is 145 g/mol. The zero-order valence-corrected chi connectivity index (χ0v) is 6.59. The van der Waals surface area contributed by atoms with Crippen LogP contribution >= 0.6 is 0 Å². The fraction of sp³-hybridized carbons (Fsp3) is 0. The molecule has 0 bridgehead atoms. The fourth-order valence-electron chi connectivity index (χ4n) is 0. The number of rotatable bonds is 0. The summed E-state index contributed by atoms with van der Waals surface area (Å²) >= 11 is 0. The van der Waals surface area contributed by atoms with Crippen LogP contribution in [0.15, 0.2) is 0 Å². The quantitative estimate of drug-likeness (QED) is 0.433. The summed E-state index contributed by atoms with van der Waals surface area (Å²) in [5.74, 6) is 0. The van der Waals surface area contributed by atoms with Gasteiger partial charge in [0.25, 0.3) is 0 Å². The summed E-state index contributed by atoms with van der Waals surface area (Å²) < 4.78 is 0. The van der Waals surface area contributed by atoms with Crippen LogP contribution in [-0.2, 0) is 46.7 Å². The maximum absolute atomic E-state index is 0. The van der Waals surface area contributed by atoms with Gasteiger partial charge in [-0.1, -0.05) is 0 Å². The molecule has 0 saturated carbocycles. The maximum atomic E-state index is 0. The Bertz CT molecular complexity index is 6.00. The van der Waals surface area contributed by atoms with Crippen molar-refractivity contribution in [1.29, 1.82) is 0 Å². The van der Waals surface area contributed by atoms with Gasteiger partial charge in [-0.15, -0.1) is 0 Å². The predicted molar refractivity (Wildman–Crippen MR) is 2.62 cm³/mol. The molecule has 0 aromatic rings. The summed E-state index contributed by atoms with van der Waals surface area (Å²) in [7, 11) is 0. The Hall–Kier alpha value is 1.26. The molecule has 0 aliphatic carbocycles. The normalized spacial score (nSPS) is 0. The molecule has 0 aromatic carbocycles. The minimum Gasteiger partial charge on any atom is -2.00 e. The average Bonchev–Trinajstić information content (AvgIpc) is 0. The van der Waals surface area contributed by atoms with Gasteiger partial charge in [0.15, 0.2) is 0 Å². The van der Waals surface area contributed by atoms with Crippen LogP contribution in [-0.4, -0.2) is 5.48 Å². The van der Waals surface area contributed by atoms with E-state index in [2.05, 4.69) is 0 Å². The third-order valence-corrected chi connectivity index (χ3v) is 0. The number of hydrogen-bond acceptors (Lipinski definition) is 1. The summed E-state index contributed by atoms with van der Waals surface area (Å²) in [5.41, 5.74) is 0. The minimum atomic E-state index is 0. The van der Waals surface area contributed by atoms with Crippen molar-refractivity contribution in [3.8, 4) is 0 Å². The van der Waals surface area contributed by atoms with Crippen molar-refractivity contribution >= 4 is 0 Å². The monoisotopic (exact) mass is 145 g/mol. The molecule has 0 atom stereocenters. The molecule has 4 heteroatoms. The first-order valence-corrected chi connectivity index (χ1v) is 0. The second kappa shape index (κ2) is 28.6. The first kappa shape index (κ1) is 60.3. The van der Waals surface area contributed by atoms with E-state index in [4.69, 9.17) is 0 Å². The summed E-state index contributed by atoms with van der Waals surface area (Å²) in [6.07, 6.45) is 0. The van der Waals surface area contributed by atoms with E-state index in [0.29, 0.717) is 0 Å². The van der Waals surface area contributed by atoms with Gasteiger partial charge in [0.1, 0.15) is 0 Å². The standard InChI is InChI=1S/H2O.O.Ti.Zn/h1H2;;;/q;-2;+4;+2/p-1. The van der Waals surface area contributed by atoms with Gasteiger partial charge in [-0.05, 0) is 0 Å². The summed E-state index contributed by atoms with van der Waals surface area (Å²) in [6.45, 7) is 0. The van der Waals surface area contributed by atoms with Crippen molar-refractivity contribution in [3.05, 3.63) is 0 Å². The van der Waals surface area contributed by atoms with Gasteiger partial charge in [0.2, 0.25) is 0 Å². The van der Waals surface area contributed by atoms with Crippen LogP contribution in [0.3, 0.4) is 0 Å². The molecule has 16 valence electrons. The molecule has 0 aliphatic heterocycles. The molecule has 1 N–H and O–H groups in total. The summed E-state index contributed by atoms with van der Waals surface area (Å²) in [5, 5.41) is 0. The van der Waals surface area contributed by atoms with Crippen LogP contribution in [0.4, 0.5) is 0 Å². The first-order chi connectivity index (χ1) is 0. The van der Waals surface area contributed by atoms with Gasteiger partial charge in [0.05, 0.1) is 0 Å². The van der Waals surface area contributed by atoms with E-state index in [0.717, 1.165) is 0 Å². The Morgan fingerprint density at radius 2 is 1.00 bits per heavy atom. The van der Waals surface area contributed by atoms with Crippen molar-refractivity contribution in [3.63, 3.8) is 0 Å². The SMILES string of the molecule is [O-2].[OH-].[Ti+4].[Zn+2]. The van der Waals surface area contributed by atoms with Crippen molar-refractivity contribution in [2.75, 3.05) is 0 Å². The number of hydrogen-bond donors (Lipinski definition) is 0. The second-order valence-corrected chi connectivity index (χ2v) is 0. The van der Waals surface area contributed by atoms with E-state index in [9.17, 15) is 0 Å².